The van der Waals surface area contributed by atoms with Gasteiger partial charge < -0.3 is 5.73 Å². The van der Waals surface area contributed by atoms with Crippen LogP contribution in [-0.4, -0.2) is 15.0 Å². The van der Waals surface area contributed by atoms with Crippen LogP contribution in [0.25, 0.3) is 32.9 Å². The van der Waals surface area contributed by atoms with E-state index >= 15 is 0 Å². The summed E-state index contributed by atoms with van der Waals surface area (Å²) in [7, 11) is 0. The molecule has 0 radical (unpaired) electrons. The number of fused-ring (bicyclic) bond motifs is 1. The number of nitrogen functional groups attached to an aromatic ring is 1. The number of hydrogen-bond acceptors (Lipinski definition) is 5. The third kappa shape index (κ3) is 2.53. The number of anilines is 1. The monoisotopic (exact) mass is 322 g/mol. The van der Waals surface area contributed by atoms with Crippen molar-refractivity contribution in [2.75, 3.05) is 5.73 Å². The molecule has 4 nitrogen and oxygen atoms in total. The van der Waals surface area contributed by atoms with E-state index in [-0.39, 0.29) is 5.82 Å². The van der Waals surface area contributed by atoms with Crippen LogP contribution in [-0.2, 0) is 0 Å². The van der Waals surface area contributed by atoms with E-state index in [1.807, 2.05) is 30.3 Å². The average Bonchev–Trinajstić information content (AvgIpc) is 2.96. The molecule has 3 heterocycles. The van der Waals surface area contributed by atoms with Crippen molar-refractivity contribution in [2.24, 2.45) is 0 Å². The van der Waals surface area contributed by atoms with Gasteiger partial charge in [-0.05, 0) is 36.4 Å². The van der Waals surface area contributed by atoms with E-state index in [1.165, 1.54) is 23.5 Å². The van der Waals surface area contributed by atoms with E-state index in [4.69, 9.17) is 5.73 Å². The van der Waals surface area contributed by atoms with Crippen molar-refractivity contribution in [2.45, 2.75) is 0 Å². The van der Waals surface area contributed by atoms with Crippen molar-refractivity contribution in [3.8, 4) is 21.8 Å². The number of nitrogens with zero attached hydrogens (tertiary/aromatic N) is 3. The van der Waals surface area contributed by atoms with Crippen molar-refractivity contribution in [1.29, 1.82) is 0 Å². The molecule has 0 atom stereocenters. The second-order valence-corrected chi connectivity index (χ2v) is 6.01. The summed E-state index contributed by atoms with van der Waals surface area (Å²) in [5.41, 5.74) is 9.56. The Morgan fingerprint density at radius 2 is 1.87 bits per heavy atom. The van der Waals surface area contributed by atoms with Crippen molar-refractivity contribution >= 4 is 27.5 Å². The normalized spacial score (nSPS) is 11.0. The Hall–Kier alpha value is -2.86. The Balaban J connectivity index is 1.91. The lowest BCUT2D eigenvalue weighted by Crippen LogP contribution is -1.88. The molecule has 112 valence electrons. The van der Waals surface area contributed by atoms with Gasteiger partial charge in [-0.1, -0.05) is 23.5 Å². The topological polar surface area (TPSA) is 64.7 Å². The number of pyridine rings is 2. The van der Waals surface area contributed by atoms with Gasteiger partial charge in [-0.2, -0.15) is 0 Å². The van der Waals surface area contributed by atoms with Crippen LogP contribution >= 0.6 is 11.3 Å². The maximum Gasteiger partial charge on any atom is 0.181 e. The molecule has 0 spiro atoms. The summed E-state index contributed by atoms with van der Waals surface area (Å²) >= 11 is 1.34. The molecule has 2 N–H and O–H groups in total. The minimum absolute atomic E-state index is 0.310. The molecular weight excluding hydrogens is 311 g/mol. The lowest BCUT2D eigenvalue weighted by molar-refractivity contribution is 0.628. The molecule has 6 heteroatoms. The van der Waals surface area contributed by atoms with Crippen LogP contribution in [0.2, 0.25) is 0 Å². The first-order chi connectivity index (χ1) is 11.2. The van der Waals surface area contributed by atoms with Gasteiger partial charge in [0.1, 0.15) is 5.82 Å². The minimum Gasteiger partial charge on any atom is -0.375 e. The first-order valence-corrected chi connectivity index (χ1v) is 7.77. The molecule has 23 heavy (non-hydrogen) atoms. The molecule has 0 aliphatic heterocycles. The molecule has 0 amide bonds. The lowest BCUT2D eigenvalue weighted by Gasteiger charge is -2.04. The Labute approximate surface area is 135 Å². The van der Waals surface area contributed by atoms with Gasteiger partial charge in [0.05, 0.1) is 27.3 Å². The van der Waals surface area contributed by atoms with Gasteiger partial charge in [0.25, 0.3) is 0 Å². The minimum atomic E-state index is -0.310. The first kappa shape index (κ1) is 13.8. The van der Waals surface area contributed by atoms with Gasteiger partial charge in [-0.15, -0.1) is 0 Å². The fraction of sp³-hybridized carbons (Fsp3) is 0. The number of aromatic nitrogens is 3. The summed E-state index contributed by atoms with van der Waals surface area (Å²) in [5.74, 6) is -0.310. The highest BCUT2D eigenvalue weighted by atomic mass is 32.1. The van der Waals surface area contributed by atoms with Crippen LogP contribution < -0.4 is 5.73 Å². The summed E-state index contributed by atoms with van der Waals surface area (Å²) < 4.78 is 13.5. The molecule has 4 aromatic rings. The smallest absolute Gasteiger partial charge is 0.181 e. The van der Waals surface area contributed by atoms with Crippen LogP contribution in [0.1, 0.15) is 0 Å². The molecule has 3 aromatic heterocycles. The van der Waals surface area contributed by atoms with Crippen LogP contribution in [0.15, 0.2) is 54.7 Å². The number of hydrogen-bond donors (Lipinski definition) is 1. The van der Waals surface area contributed by atoms with Gasteiger partial charge in [-0.3, -0.25) is 4.98 Å². The molecule has 4 rings (SSSR count). The maximum absolute atomic E-state index is 13.5. The fourth-order valence-electron chi connectivity index (χ4n) is 2.43. The van der Waals surface area contributed by atoms with E-state index in [0.717, 1.165) is 21.6 Å². The van der Waals surface area contributed by atoms with Crippen LogP contribution in [0, 0.1) is 5.82 Å². The highest BCUT2D eigenvalue weighted by Crippen LogP contribution is 2.37. The number of thiazole rings is 1. The van der Waals surface area contributed by atoms with E-state index < -0.39 is 0 Å². The molecule has 0 saturated heterocycles. The second-order valence-electron chi connectivity index (χ2n) is 4.98. The third-order valence-corrected chi connectivity index (χ3v) is 4.34. The third-order valence-electron chi connectivity index (χ3n) is 3.43. The molecule has 0 fully saturated rings. The largest absolute Gasteiger partial charge is 0.375 e. The Kier molecular flexibility index (Phi) is 3.24. The highest BCUT2D eigenvalue weighted by molar-refractivity contribution is 7.19. The summed E-state index contributed by atoms with van der Waals surface area (Å²) in [6.45, 7) is 0. The molecule has 0 aliphatic rings. The molecule has 0 saturated carbocycles. The van der Waals surface area contributed by atoms with Gasteiger partial charge in [-0.25, -0.2) is 14.4 Å². The predicted molar refractivity (Wildman–Crippen MR) is 90.5 cm³/mol. The van der Waals surface area contributed by atoms with Crippen molar-refractivity contribution in [1.82, 2.24) is 15.0 Å². The summed E-state index contributed by atoms with van der Waals surface area (Å²) in [6.07, 6.45) is 1.73. The van der Waals surface area contributed by atoms with E-state index in [0.29, 0.717) is 16.4 Å². The van der Waals surface area contributed by atoms with E-state index in [1.54, 1.807) is 12.3 Å². The quantitative estimate of drug-likeness (QED) is 0.602. The highest BCUT2D eigenvalue weighted by Gasteiger charge is 2.15. The zero-order valence-electron chi connectivity index (χ0n) is 11.9. The van der Waals surface area contributed by atoms with Gasteiger partial charge >= 0.3 is 0 Å². The number of rotatable bonds is 2. The van der Waals surface area contributed by atoms with Crippen LogP contribution in [0.3, 0.4) is 0 Å². The SMILES string of the molecule is Nc1nc(-c2cccc(F)c2)c(-c2ccc3ncccc3n2)s1. The van der Waals surface area contributed by atoms with Crippen LogP contribution in [0.5, 0.6) is 0 Å². The Morgan fingerprint density at radius 1 is 0.957 bits per heavy atom. The van der Waals surface area contributed by atoms with Crippen LogP contribution in [0.4, 0.5) is 9.52 Å². The summed E-state index contributed by atoms with van der Waals surface area (Å²) in [4.78, 5) is 14.1. The zero-order chi connectivity index (χ0) is 15.8. The van der Waals surface area contributed by atoms with Gasteiger partial charge in [0.15, 0.2) is 5.13 Å². The number of benzene rings is 1. The zero-order valence-corrected chi connectivity index (χ0v) is 12.7. The molecule has 0 unspecified atom stereocenters. The molecule has 0 bridgehead atoms. The Morgan fingerprint density at radius 3 is 2.74 bits per heavy atom. The van der Waals surface area contributed by atoms with Crippen molar-refractivity contribution in [3.05, 3.63) is 60.5 Å². The van der Waals surface area contributed by atoms with Gasteiger partial charge in [0.2, 0.25) is 0 Å². The predicted octanol–water partition coefficient (Wildman–Crippen LogP) is 4.14. The fourth-order valence-corrected chi connectivity index (χ4v) is 3.25. The van der Waals surface area contributed by atoms with Crippen molar-refractivity contribution < 1.29 is 4.39 Å². The second kappa shape index (κ2) is 5.40. The number of nitrogens with two attached hydrogens (primary N) is 1. The standard InChI is InChI=1S/C17H11FN4S/c18-11-4-1-3-10(9-11)15-16(23-17(19)22-15)14-7-6-12-13(21-14)5-2-8-20-12/h1-9H,(H2,19,22). The summed E-state index contributed by atoms with van der Waals surface area (Å²) in [6, 6.07) is 13.8. The molecule has 1 aromatic carbocycles. The van der Waals surface area contributed by atoms with Crippen molar-refractivity contribution in [3.63, 3.8) is 0 Å². The van der Waals surface area contributed by atoms with Gasteiger partial charge in [0, 0.05) is 11.8 Å². The first-order valence-electron chi connectivity index (χ1n) is 6.95. The summed E-state index contributed by atoms with van der Waals surface area (Å²) in [5, 5.41) is 0.423. The average molecular weight is 322 g/mol. The molecule has 0 aliphatic carbocycles. The Bertz CT molecular complexity index is 1010. The molecular formula is C17H11FN4S. The number of halogens is 1. The van der Waals surface area contributed by atoms with E-state index in [9.17, 15) is 4.39 Å². The lowest BCUT2D eigenvalue weighted by atomic mass is 10.1. The van der Waals surface area contributed by atoms with E-state index in [2.05, 4.69) is 15.0 Å². The maximum atomic E-state index is 13.5.